The Labute approximate surface area is 191 Å². The van der Waals surface area contributed by atoms with E-state index >= 15 is 0 Å². The number of hydrogen-bond donors (Lipinski definition) is 2. The van der Waals surface area contributed by atoms with Crippen molar-refractivity contribution in [2.24, 2.45) is 10.4 Å². The van der Waals surface area contributed by atoms with Crippen LogP contribution in [-0.2, 0) is 16.0 Å². The highest BCUT2D eigenvalue weighted by molar-refractivity contribution is 7.09. The van der Waals surface area contributed by atoms with E-state index in [0.29, 0.717) is 0 Å². The van der Waals surface area contributed by atoms with Gasteiger partial charge in [0.05, 0.1) is 13.2 Å². The number of nitrogens with zero attached hydrogens (tertiary/aromatic N) is 3. The standard InChI is InChI=1S/C23H39N5O2S/c1-27(2)21(29)17-25-22(24-11-8-20-7-6-16-31-20)26-18-23(9-4-3-5-10-23)19-28-12-14-30-15-13-28/h6-7,16H,3-5,8-15,17-19H2,1-2H3,(H2,24,25,26). The van der Waals surface area contributed by atoms with E-state index in [-0.39, 0.29) is 17.9 Å². The van der Waals surface area contributed by atoms with Crippen molar-refractivity contribution in [2.75, 3.05) is 66.6 Å². The number of hydrogen-bond acceptors (Lipinski definition) is 5. The van der Waals surface area contributed by atoms with Crippen LogP contribution in [0.25, 0.3) is 0 Å². The van der Waals surface area contributed by atoms with Crippen molar-refractivity contribution >= 4 is 23.2 Å². The number of carbonyl (C=O) groups excluding carboxylic acids is 1. The maximum absolute atomic E-state index is 12.1. The fourth-order valence-corrected chi connectivity index (χ4v) is 5.13. The number of ether oxygens (including phenoxy) is 1. The number of morpholine rings is 1. The summed E-state index contributed by atoms with van der Waals surface area (Å²) in [5, 5.41) is 9.17. The Bertz CT molecular complexity index is 680. The summed E-state index contributed by atoms with van der Waals surface area (Å²) in [4.78, 5) is 22.2. The lowest BCUT2D eigenvalue weighted by Gasteiger charge is -2.42. The summed E-state index contributed by atoms with van der Waals surface area (Å²) in [6, 6.07) is 4.24. The van der Waals surface area contributed by atoms with E-state index in [1.807, 2.05) is 0 Å². The maximum Gasteiger partial charge on any atom is 0.243 e. The molecule has 1 aliphatic heterocycles. The number of carbonyl (C=O) groups is 1. The molecule has 2 fully saturated rings. The molecular formula is C23H39N5O2S. The van der Waals surface area contributed by atoms with Gasteiger partial charge in [-0.2, -0.15) is 0 Å². The summed E-state index contributed by atoms with van der Waals surface area (Å²) in [5.41, 5.74) is 0.261. The number of amides is 1. The first-order valence-electron chi connectivity index (χ1n) is 11.6. The van der Waals surface area contributed by atoms with Gasteiger partial charge in [-0.15, -0.1) is 11.3 Å². The second-order valence-corrected chi connectivity index (χ2v) is 10.0. The van der Waals surface area contributed by atoms with Gasteiger partial charge in [0.2, 0.25) is 5.91 Å². The summed E-state index contributed by atoms with van der Waals surface area (Å²) >= 11 is 1.77. The zero-order chi connectivity index (χ0) is 21.9. The molecule has 31 heavy (non-hydrogen) atoms. The van der Waals surface area contributed by atoms with Crippen LogP contribution in [0, 0.1) is 5.41 Å². The first kappa shape index (κ1) is 24.0. The Balaban J connectivity index is 1.60. The summed E-state index contributed by atoms with van der Waals surface area (Å²) < 4.78 is 5.55. The van der Waals surface area contributed by atoms with Gasteiger partial charge in [0.15, 0.2) is 5.96 Å². The van der Waals surface area contributed by atoms with E-state index in [1.54, 1.807) is 30.3 Å². The van der Waals surface area contributed by atoms with Gasteiger partial charge in [-0.3, -0.25) is 9.69 Å². The van der Waals surface area contributed by atoms with Crippen LogP contribution < -0.4 is 10.6 Å². The zero-order valence-electron chi connectivity index (χ0n) is 19.2. The van der Waals surface area contributed by atoms with Crippen molar-refractivity contribution in [1.82, 2.24) is 20.4 Å². The fraction of sp³-hybridized carbons (Fsp3) is 0.739. The highest BCUT2D eigenvalue weighted by Gasteiger charge is 2.34. The van der Waals surface area contributed by atoms with Crippen LogP contribution in [0.1, 0.15) is 37.0 Å². The van der Waals surface area contributed by atoms with E-state index in [0.717, 1.165) is 58.3 Å². The molecule has 2 N–H and O–H groups in total. The van der Waals surface area contributed by atoms with E-state index in [2.05, 4.69) is 38.0 Å². The van der Waals surface area contributed by atoms with Crippen molar-refractivity contribution < 1.29 is 9.53 Å². The van der Waals surface area contributed by atoms with Crippen molar-refractivity contribution in [2.45, 2.75) is 38.5 Å². The Hall–Kier alpha value is -1.64. The Kier molecular flexibility index (Phi) is 9.61. The van der Waals surface area contributed by atoms with Crippen LogP contribution in [0.5, 0.6) is 0 Å². The molecule has 1 aromatic heterocycles. The molecule has 174 valence electrons. The van der Waals surface area contributed by atoms with Crippen LogP contribution in [0.4, 0.5) is 0 Å². The smallest absolute Gasteiger partial charge is 0.243 e. The van der Waals surface area contributed by atoms with Crippen molar-refractivity contribution in [3.05, 3.63) is 22.4 Å². The van der Waals surface area contributed by atoms with Crippen LogP contribution in [0.3, 0.4) is 0 Å². The van der Waals surface area contributed by atoms with Crippen molar-refractivity contribution in [3.8, 4) is 0 Å². The van der Waals surface area contributed by atoms with E-state index in [1.165, 1.54) is 37.0 Å². The average Bonchev–Trinajstić information content (AvgIpc) is 3.30. The third-order valence-corrected chi connectivity index (χ3v) is 7.26. The molecule has 1 amide bonds. The van der Waals surface area contributed by atoms with Gasteiger partial charge in [0.25, 0.3) is 0 Å². The minimum absolute atomic E-state index is 0.0139. The predicted octanol–water partition coefficient (Wildman–Crippen LogP) is 2.20. The average molecular weight is 450 g/mol. The normalized spacial score (nSPS) is 19.7. The van der Waals surface area contributed by atoms with Crippen LogP contribution in [0.2, 0.25) is 0 Å². The molecule has 0 atom stereocenters. The van der Waals surface area contributed by atoms with Crippen molar-refractivity contribution in [1.29, 1.82) is 0 Å². The van der Waals surface area contributed by atoms with E-state index in [9.17, 15) is 4.79 Å². The predicted molar refractivity (Wildman–Crippen MR) is 128 cm³/mol. The molecule has 2 heterocycles. The highest BCUT2D eigenvalue weighted by atomic mass is 32.1. The van der Waals surface area contributed by atoms with Gasteiger partial charge in [0.1, 0.15) is 6.54 Å². The minimum Gasteiger partial charge on any atom is -0.379 e. The lowest BCUT2D eigenvalue weighted by molar-refractivity contribution is -0.127. The molecule has 2 aliphatic rings. The molecule has 3 rings (SSSR count). The van der Waals surface area contributed by atoms with Crippen LogP contribution in [-0.4, -0.2) is 88.2 Å². The monoisotopic (exact) mass is 449 g/mol. The molecular weight excluding hydrogens is 410 g/mol. The number of nitrogens with one attached hydrogen (secondary N) is 2. The molecule has 0 aromatic carbocycles. The quantitative estimate of drug-likeness (QED) is 0.447. The molecule has 0 unspecified atom stereocenters. The largest absolute Gasteiger partial charge is 0.379 e. The van der Waals surface area contributed by atoms with Crippen LogP contribution in [0.15, 0.2) is 22.5 Å². The SMILES string of the molecule is CN(C)C(=O)CN=C(NCCc1cccs1)NCC1(CN2CCOCC2)CCCCC1. The first-order chi connectivity index (χ1) is 15.1. The second-order valence-electron chi connectivity index (χ2n) is 9.01. The molecule has 8 heteroatoms. The molecule has 0 radical (unpaired) electrons. The Morgan fingerprint density at radius 1 is 1.23 bits per heavy atom. The van der Waals surface area contributed by atoms with E-state index in [4.69, 9.17) is 4.74 Å². The third-order valence-electron chi connectivity index (χ3n) is 6.32. The maximum atomic E-state index is 12.1. The minimum atomic E-state index is 0.0139. The lowest BCUT2D eigenvalue weighted by atomic mass is 9.73. The summed E-state index contributed by atoms with van der Waals surface area (Å²) in [5.74, 6) is 0.763. The molecule has 1 saturated heterocycles. The summed E-state index contributed by atoms with van der Waals surface area (Å²) in [6.07, 6.45) is 7.38. The van der Waals surface area contributed by atoms with Crippen LogP contribution >= 0.6 is 11.3 Å². The van der Waals surface area contributed by atoms with E-state index < -0.39 is 0 Å². The number of rotatable bonds is 9. The Morgan fingerprint density at radius 3 is 2.68 bits per heavy atom. The lowest BCUT2D eigenvalue weighted by Crippen LogP contribution is -2.51. The number of aliphatic imine (C=N–C) groups is 1. The topological polar surface area (TPSA) is 69.2 Å². The van der Waals surface area contributed by atoms with Crippen molar-refractivity contribution in [3.63, 3.8) is 0 Å². The molecule has 1 aromatic rings. The van der Waals surface area contributed by atoms with Gasteiger partial charge in [0, 0.05) is 57.1 Å². The molecule has 1 saturated carbocycles. The number of guanidine groups is 1. The summed E-state index contributed by atoms with van der Waals surface area (Å²) in [7, 11) is 3.54. The van der Waals surface area contributed by atoms with Gasteiger partial charge < -0.3 is 20.3 Å². The molecule has 0 spiro atoms. The van der Waals surface area contributed by atoms with Gasteiger partial charge in [-0.05, 0) is 30.7 Å². The second kappa shape index (κ2) is 12.4. The zero-order valence-corrected chi connectivity index (χ0v) is 20.0. The first-order valence-corrected chi connectivity index (χ1v) is 12.5. The van der Waals surface area contributed by atoms with Gasteiger partial charge in [-0.1, -0.05) is 25.3 Å². The number of likely N-dealkylation sites (N-methyl/N-ethyl adjacent to an activating group) is 1. The molecule has 7 nitrogen and oxygen atoms in total. The fourth-order valence-electron chi connectivity index (χ4n) is 4.42. The van der Waals surface area contributed by atoms with Gasteiger partial charge in [-0.25, -0.2) is 4.99 Å². The molecule has 1 aliphatic carbocycles. The van der Waals surface area contributed by atoms with Gasteiger partial charge >= 0.3 is 0 Å². The highest BCUT2D eigenvalue weighted by Crippen LogP contribution is 2.36. The summed E-state index contributed by atoms with van der Waals surface area (Å²) in [6.45, 7) is 6.71. The Morgan fingerprint density at radius 2 is 2.00 bits per heavy atom. The third kappa shape index (κ3) is 8.09. The number of thiophene rings is 1. The molecule has 0 bridgehead atoms.